The largest absolute Gasteiger partial charge is 0.346 e. The molecule has 8 heteroatoms. The van der Waals surface area contributed by atoms with Crippen LogP contribution in [0.1, 0.15) is 35.1 Å². The number of rotatable bonds is 3. The molecule has 2 aromatic heterocycles. The number of nitrogens with zero attached hydrogens (tertiary/aromatic N) is 2. The molecular weight excluding hydrogens is 334 g/mol. The van der Waals surface area contributed by atoms with E-state index in [0.29, 0.717) is 12.0 Å². The lowest BCUT2D eigenvalue weighted by Crippen LogP contribution is -2.47. The van der Waals surface area contributed by atoms with Crippen molar-refractivity contribution >= 4 is 27.1 Å². The topological polar surface area (TPSA) is 81.1 Å². The van der Waals surface area contributed by atoms with Gasteiger partial charge in [-0.25, -0.2) is 13.4 Å². The number of nitrogens with one attached hydrogen (secondary N) is 1. The third-order valence-electron chi connectivity index (χ3n) is 4.20. The number of sulfone groups is 1. The van der Waals surface area contributed by atoms with Gasteiger partial charge in [-0.15, -0.1) is 11.3 Å². The highest BCUT2D eigenvalue weighted by molar-refractivity contribution is 7.91. The fourth-order valence-electron chi connectivity index (χ4n) is 3.06. The Labute approximate surface area is 139 Å². The minimum Gasteiger partial charge on any atom is -0.346 e. The maximum Gasteiger partial charge on any atom is 0.253 e. The lowest BCUT2D eigenvalue weighted by Gasteiger charge is -2.23. The summed E-state index contributed by atoms with van der Waals surface area (Å²) in [7, 11) is -3.06. The van der Waals surface area contributed by atoms with Crippen molar-refractivity contribution in [2.75, 3.05) is 11.5 Å². The molecule has 1 aliphatic heterocycles. The fourth-order valence-corrected chi connectivity index (χ4v) is 5.91. The van der Waals surface area contributed by atoms with Crippen molar-refractivity contribution in [3.63, 3.8) is 0 Å². The quantitative estimate of drug-likeness (QED) is 0.913. The molecular formula is C15H19N3O3S2. The molecule has 1 unspecified atom stereocenters. The van der Waals surface area contributed by atoms with Crippen molar-refractivity contribution in [2.45, 2.75) is 32.7 Å². The molecule has 0 bridgehead atoms. The average Bonchev–Trinajstić information content (AvgIpc) is 3.10. The monoisotopic (exact) mass is 353 g/mol. The number of aryl methyl sites for hydroxylation is 1. The van der Waals surface area contributed by atoms with Gasteiger partial charge in [-0.05, 0) is 33.3 Å². The maximum atomic E-state index is 12.6. The van der Waals surface area contributed by atoms with Gasteiger partial charge in [0.2, 0.25) is 0 Å². The Morgan fingerprint density at radius 2 is 2.17 bits per heavy atom. The molecule has 2 aromatic rings. The molecule has 0 aromatic carbocycles. The highest BCUT2D eigenvalue weighted by Gasteiger charge is 2.40. The summed E-state index contributed by atoms with van der Waals surface area (Å²) >= 11 is 1.50. The highest BCUT2D eigenvalue weighted by Crippen LogP contribution is 2.26. The average molecular weight is 353 g/mol. The predicted octanol–water partition coefficient (Wildman–Crippen LogP) is 1.86. The van der Waals surface area contributed by atoms with Crippen LogP contribution in [0.5, 0.6) is 0 Å². The minimum absolute atomic E-state index is 0.00302. The second-order valence-electron chi connectivity index (χ2n) is 6.29. The highest BCUT2D eigenvalue weighted by atomic mass is 32.2. The van der Waals surface area contributed by atoms with Crippen LogP contribution in [-0.2, 0) is 9.84 Å². The Bertz CT molecular complexity index is 853. The summed E-state index contributed by atoms with van der Waals surface area (Å²) in [6.45, 7) is 5.58. The molecule has 1 amide bonds. The van der Waals surface area contributed by atoms with Crippen molar-refractivity contribution in [3.8, 4) is 5.13 Å². The zero-order valence-electron chi connectivity index (χ0n) is 13.3. The van der Waals surface area contributed by atoms with Gasteiger partial charge in [0, 0.05) is 23.0 Å². The smallest absolute Gasteiger partial charge is 0.253 e. The number of aromatic nitrogens is 2. The standard InChI is InChI=1S/C15H19N3O3S2/c1-10-8-12(11(2)18(10)14-16-5-6-22-14)13(19)17-15(3)4-7-23(20,21)9-15/h5-6,8H,4,7,9H2,1-3H3,(H,17,19). The van der Waals surface area contributed by atoms with Crippen molar-refractivity contribution in [3.05, 3.63) is 34.6 Å². The molecule has 1 aliphatic rings. The van der Waals surface area contributed by atoms with E-state index in [-0.39, 0.29) is 17.4 Å². The predicted molar refractivity (Wildman–Crippen MR) is 90.1 cm³/mol. The molecule has 0 radical (unpaired) electrons. The van der Waals surface area contributed by atoms with Gasteiger partial charge in [0.15, 0.2) is 15.0 Å². The van der Waals surface area contributed by atoms with Crippen molar-refractivity contribution in [1.82, 2.24) is 14.9 Å². The number of hydrogen-bond donors (Lipinski definition) is 1. The van der Waals surface area contributed by atoms with Crippen LogP contribution in [0.4, 0.5) is 0 Å². The fraction of sp³-hybridized carbons (Fsp3) is 0.467. The molecule has 1 N–H and O–H groups in total. The van der Waals surface area contributed by atoms with Gasteiger partial charge < -0.3 is 5.32 Å². The van der Waals surface area contributed by atoms with E-state index in [2.05, 4.69) is 10.3 Å². The summed E-state index contributed by atoms with van der Waals surface area (Å²) < 4.78 is 25.3. The summed E-state index contributed by atoms with van der Waals surface area (Å²) in [5.74, 6) is -0.112. The van der Waals surface area contributed by atoms with Crippen molar-refractivity contribution in [1.29, 1.82) is 0 Å². The molecule has 0 aliphatic carbocycles. The van der Waals surface area contributed by atoms with E-state index < -0.39 is 15.4 Å². The molecule has 6 nitrogen and oxygen atoms in total. The third-order valence-corrected chi connectivity index (χ3v) is 6.86. The van der Waals surface area contributed by atoms with E-state index in [1.807, 2.05) is 29.9 Å². The lowest BCUT2D eigenvalue weighted by atomic mass is 10.0. The molecule has 1 fully saturated rings. The van der Waals surface area contributed by atoms with Gasteiger partial charge in [-0.1, -0.05) is 0 Å². The molecule has 3 heterocycles. The Balaban J connectivity index is 1.88. The first-order chi connectivity index (χ1) is 10.7. The Hall–Kier alpha value is -1.67. The molecule has 0 spiro atoms. The minimum atomic E-state index is -3.06. The van der Waals surface area contributed by atoms with Crippen LogP contribution >= 0.6 is 11.3 Å². The summed E-state index contributed by atoms with van der Waals surface area (Å²) in [4.78, 5) is 16.9. The van der Waals surface area contributed by atoms with E-state index in [4.69, 9.17) is 0 Å². The summed E-state index contributed by atoms with van der Waals surface area (Å²) in [5, 5.41) is 5.61. The Morgan fingerprint density at radius 3 is 2.74 bits per heavy atom. The molecule has 1 saturated heterocycles. The van der Waals surface area contributed by atoms with Crippen LogP contribution in [-0.4, -0.2) is 40.9 Å². The van der Waals surface area contributed by atoms with Gasteiger partial charge in [-0.3, -0.25) is 9.36 Å². The zero-order chi connectivity index (χ0) is 16.8. The Kier molecular flexibility index (Phi) is 3.84. The maximum absolute atomic E-state index is 12.6. The molecule has 1 atom stereocenters. The van der Waals surface area contributed by atoms with Gasteiger partial charge >= 0.3 is 0 Å². The molecule has 124 valence electrons. The van der Waals surface area contributed by atoms with E-state index in [1.54, 1.807) is 13.1 Å². The third kappa shape index (κ3) is 3.05. The number of hydrogen-bond acceptors (Lipinski definition) is 5. The number of thiazole rings is 1. The van der Waals surface area contributed by atoms with Crippen LogP contribution in [0.3, 0.4) is 0 Å². The normalized spacial score (nSPS) is 23.1. The molecule has 3 rings (SSSR count). The number of carbonyl (C=O) groups is 1. The number of carbonyl (C=O) groups excluding carboxylic acids is 1. The SMILES string of the molecule is Cc1cc(C(=O)NC2(C)CCS(=O)(=O)C2)c(C)n1-c1nccs1. The van der Waals surface area contributed by atoms with Crippen LogP contribution in [0.2, 0.25) is 0 Å². The first kappa shape index (κ1) is 16.2. The second-order valence-corrected chi connectivity index (χ2v) is 9.35. The first-order valence-corrected chi connectivity index (χ1v) is 10.0. The number of amides is 1. The van der Waals surface area contributed by atoms with Gasteiger partial charge in [0.05, 0.1) is 22.6 Å². The van der Waals surface area contributed by atoms with E-state index in [1.165, 1.54) is 11.3 Å². The molecule has 23 heavy (non-hydrogen) atoms. The lowest BCUT2D eigenvalue weighted by molar-refractivity contribution is 0.0915. The van der Waals surface area contributed by atoms with E-state index >= 15 is 0 Å². The van der Waals surface area contributed by atoms with Gasteiger partial charge in [-0.2, -0.15) is 0 Å². The zero-order valence-corrected chi connectivity index (χ0v) is 14.9. The summed E-state index contributed by atoms with van der Waals surface area (Å²) in [5.41, 5.74) is 1.59. The van der Waals surface area contributed by atoms with Crippen LogP contribution in [0, 0.1) is 13.8 Å². The van der Waals surface area contributed by atoms with E-state index in [0.717, 1.165) is 16.5 Å². The van der Waals surface area contributed by atoms with Crippen LogP contribution in [0.25, 0.3) is 5.13 Å². The second kappa shape index (κ2) is 5.45. The van der Waals surface area contributed by atoms with Crippen molar-refractivity contribution in [2.24, 2.45) is 0 Å². The molecule has 0 saturated carbocycles. The van der Waals surface area contributed by atoms with E-state index in [9.17, 15) is 13.2 Å². The van der Waals surface area contributed by atoms with Gasteiger partial charge in [0.1, 0.15) is 0 Å². The first-order valence-electron chi connectivity index (χ1n) is 7.33. The Morgan fingerprint density at radius 1 is 1.43 bits per heavy atom. The van der Waals surface area contributed by atoms with Crippen molar-refractivity contribution < 1.29 is 13.2 Å². The summed E-state index contributed by atoms with van der Waals surface area (Å²) in [6, 6.07) is 1.82. The van der Waals surface area contributed by atoms with Crippen LogP contribution < -0.4 is 5.32 Å². The van der Waals surface area contributed by atoms with Gasteiger partial charge in [0.25, 0.3) is 5.91 Å². The summed E-state index contributed by atoms with van der Waals surface area (Å²) in [6.07, 6.45) is 2.18. The van der Waals surface area contributed by atoms with Crippen LogP contribution in [0.15, 0.2) is 17.6 Å².